The highest BCUT2D eigenvalue weighted by atomic mass is 32.2. The molecule has 0 radical (unpaired) electrons. The Morgan fingerprint density at radius 1 is 0.840 bits per heavy atom. The van der Waals surface area contributed by atoms with Gasteiger partial charge in [-0.1, -0.05) is 37.6 Å². The van der Waals surface area contributed by atoms with Crippen LogP contribution in [0.25, 0.3) is 10.9 Å². The number of H-pyrrole nitrogens is 1. The van der Waals surface area contributed by atoms with Crippen molar-refractivity contribution in [3.63, 3.8) is 0 Å². The number of nitrogens with zero attached hydrogens (tertiary/aromatic N) is 6. The number of fused-ring (bicyclic) bond motifs is 1. The summed E-state index contributed by atoms with van der Waals surface area (Å²) in [5.74, 6) is -2.97. The molecule has 0 spiro atoms. The van der Waals surface area contributed by atoms with Crippen molar-refractivity contribution in [1.82, 2.24) is 54.8 Å². The van der Waals surface area contributed by atoms with E-state index in [1.807, 2.05) is 16.7 Å². The maximum atomic E-state index is 14.0. The summed E-state index contributed by atoms with van der Waals surface area (Å²) < 4.78 is 41.3. The number of methoxy groups -OCH3 is 2. The third-order valence-electron chi connectivity index (χ3n) is 12.9. The van der Waals surface area contributed by atoms with Crippen LogP contribution in [0.3, 0.4) is 0 Å². The number of carbonyl (C=O) groups is 5. The van der Waals surface area contributed by atoms with Crippen LogP contribution < -0.4 is 31.4 Å². The Balaban J connectivity index is 1.27. The van der Waals surface area contributed by atoms with Crippen LogP contribution in [-0.2, 0) is 51.8 Å². The summed E-state index contributed by atoms with van der Waals surface area (Å²) in [5, 5.41) is 21.7. The fourth-order valence-corrected chi connectivity index (χ4v) is 10.8. The first-order valence-corrected chi connectivity index (χ1v) is 26.9. The van der Waals surface area contributed by atoms with E-state index in [0.29, 0.717) is 81.4 Å². The van der Waals surface area contributed by atoms with Crippen molar-refractivity contribution in [2.24, 2.45) is 0 Å². The van der Waals surface area contributed by atoms with E-state index < -0.39 is 46.0 Å². The molecule has 2 aromatic carbocycles. The Kier molecular flexibility index (Phi) is 23.2. The van der Waals surface area contributed by atoms with Crippen LogP contribution in [0.4, 0.5) is 5.95 Å². The molecule has 1 aliphatic rings. The number of hydrogen-bond donors (Lipinski definition) is 7. The van der Waals surface area contributed by atoms with Crippen LogP contribution >= 0.6 is 0 Å². The highest BCUT2D eigenvalue weighted by molar-refractivity contribution is 7.89. The van der Waals surface area contributed by atoms with Gasteiger partial charge < -0.3 is 50.3 Å². The number of benzene rings is 2. The monoisotopic (exact) mass is 1060 g/mol. The van der Waals surface area contributed by atoms with Gasteiger partial charge in [0.1, 0.15) is 17.6 Å². The van der Waals surface area contributed by atoms with Crippen molar-refractivity contribution < 1.29 is 47.0 Å². The molecular weight excluding hydrogens is 989 g/mol. The summed E-state index contributed by atoms with van der Waals surface area (Å²) in [4.78, 5) is 95.5. The summed E-state index contributed by atoms with van der Waals surface area (Å²) >= 11 is 0. The van der Waals surface area contributed by atoms with Gasteiger partial charge in [-0.05, 0) is 75.4 Å². The lowest BCUT2D eigenvalue weighted by Crippen LogP contribution is -2.52. The van der Waals surface area contributed by atoms with E-state index in [-0.39, 0.29) is 59.8 Å². The first-order chi connectivity index (χ1) is 35.8. The second kappa shape index (κ2) is 29.1. The number of rotatable bonds is 25. The lowest BCUT2D eigenvalue weighted by molar-refractivity contribution is -0.142. The average Bonchev–Trinajstić information content (AvgIpc) is 3.89. The second-order valence-corrected chi connectivity index (χ2v) is 20.5. The Bertz CT molecular complexity index is 2710. The van der Waals surface area contributed by atoms with Crippen LogP contribution in [0.2, 0.25) is 0 Å². The van der Waals surface area contributed by atoms with E-state index >= 15 is 0 Å². The number of aryl methyl sites for hydroxylation is 4. The van der Waals surface area contributed by atoms with Crippen LogP contribution in [-0.4, -0.2) is 195 Å². The van der Waals surface area contributed by atoms with E-state index in [9.17, 15) is 42.3 Å². The van der Waals surface area contributed by atoms with Crippen LogP contribution in [0.1, 0.15) is 65.7 Å². The predicted octanol–water partition coefficient (Wildman–Crippen LogP) is 1.23. The molecule has 23 nitrogen and oxygen atoms in total. The minimum absolute atomic E-state index is 0.0410. The summed E-state index contributed by atoms with van der Waals surface area (Å²) in [6.07, 6.45) is 6.26. The molecule has 2 atom stereocenters. The van der Waals surface area contributed by atoms with E-state index in [1.54, 1.807) is 75.2 Å². The SMILES string of the molecule is CCCN1CCN(COC)CCN(CC(=O)OC)CCN(CC(=O)N[C@@H](CC)C(=O)NCCCn2cc(C(=O)NCC(NS(=O)(=O)c3c(C)cc(C)cc3C)C(=O)O)c(=O)c3ccc(CNc4ncc[nH]4)cc32)CC1. The van der Waals surface area contributed by atoms with Gasteiger partial charge in [0, 0.05) is 110 Å². The number of hydrogen-bond acceptors (Lipinski definition) is 16. The summed E-state index contributed by atoms with van der Waals surface area (Å²) in [6, 6.07) is 5.86. The van der Waals surface area contributed by atoms with E-state index in [2.05, 4.69) is 52.7 Å². The molecule has 1 saturated heterocycles. The van der Waals surface area contributed by atoms with Gasteiger partial charge in [-0.15, -0.1) is 0 Å². The number of nitrogens with one attached hydrogen (secondary N) is 6. The number of ether oxygens (including phenoxy) is 2. The van der Waals surface area contributed by atoms with Crippen LogP contribution in [0, 0.1) is 20.8 Å². The van der Waals surface area contributed by atoms with Gasteiger partial charge in [-0.3, -0.25) is 43.5 Å². The molecule has 0 saturated carbocycles. The lowest BCUT2D eigenvalue weighted by Gasteiger charge is -2.33. The standard InChI is InChI=1S/C51H76N12O11S/c1-8-16-59-18-20-60(21-22-61(33-45(65)74-7)23-25-62(24-19-59)34-73-6)32-44(64)57-41(9-2)49(68)52-13-10-17-63-31-40(46(66)39-12-11-38(28-43(39)63)29-56-51-53-14-15-54-51)48(67)55-30-42(50(69)70)58-75(71,72)47-36(4)26-35(3)27-37(47)5/h11-12,14-15,26-28,31,41-42,58H,8-10,13,16-25,29-30,32-34H2,1-7H3,(H,52,68)(H,55,67)(H,57,64)(H,69,70)(H2,53,54,56)/t41-,42?/m0/s1. The Morgan fingerprint density at radius 3 is 2.09 bits per heavy atom. The largest absolute Gasteiger partial charge is 0.480 e. The number of pyridine rings is 1. The van der Waals surface area contributed by atoms with Gasteiger partial charge in [0.15, 0.2) is 5.95 Å². The van der Waals surface area contributed by atoms with Gasteiger partial charge in [-0.25, -0.2) is 13.4 Å². The number of esters is 1. The molecule has 1 unspecified atom stereocenters. The number of carbonyl (C=O) groups excluding carboxylic acids is 4. The molecule has 0 bridgehead atoms. The molecule has 412 valence electrons. The first-order valence-electron chi connectivity index (χ1n) is 25.4. The molecule has 0 aliphatic carbocycles. The molecule has 3 heterocycles. The molecule has 7 N–H and O–H groups in total. The zero-order valence-electron chi connectivity index (χ0n) is 44.3. The Labute approximate surface area is 439 Å². The topological polar surface area (TPSA) is 282 Å². The van der Waals surface area contributed by atoms with Crippen LogP contribution in [0.15, 0.2) is 58.6 Å². The van der Waals surface area contributed by atoms with Gasteiger partial charge in [0.05, 0.1) is 37.3 Å². The van der Waals surface area contributed by atoms with E-state index in [1.165, 1.54) is 13.3 Å². The van der Waals surface area contributed by atoms with Gasteiger partial charge in [-0.2, -0.15) is 4.72 Å². The van der Waals surface area contributed by atoms with Crippen LogP contribution in [0.5, 0.6) is 0 Å². The molecule has 2 aromatic heterocycles. The van der Waals surface area contributed by atoms with Crippen molar-refractivity contribution in [1.29, 1.82) is 0 Å². The third kappa shape index (κ3) is 17.9. The number of aromatic amines is 1. The molecular formula is C51H76N12O11S. The number of aliphatic carboxylic acids is 1. The quantitative estimate of drug-likeness (QED) is 0.0363. The highest BCUT2D eigenvalue weighted by Gasteiger charge is 2.29. The van der Waals surface area contributed by atoms with Gasteiger partial charge in [0.2, 0.25) is 27.3 Å². The Hall–Kier alpha value is -6.28. The Morgan fingerprint density at radius 2 is 1.49 bits per heavy atom. The van der Waals surface area contributed by atoms with Crippen molar-refractivity contribution in [3.05, 3.63) is 87.0 Å². The number of carboxylic acids is 1. The maximum Gasteiger partial charge on any atom is 0.323 e. The summed E-state index contributed by atoms with van der Waals surface area (Å²) in [6.45, 7) is 15.7. The third-order valence-corrected chi connectivity index (χ3v) is 14.7. The number of sulfonamides is 1. The number of amides is 3. The van der Waals surface area contributed by atoms with Gasteiger partial charge in [0.25, 0.3) is 5.91 Å². The normalized spacial score (nSPS) is 15.6. The molecule has 1 aliphatic heterocycles. The molecule has 5 rings (SSSR count). The molecule has 24 heteroatoms. The first kappa shape index (κ1) is 59.6. The van der Waals surface area contributed by atoms with Crippen molar-refractivity contribution in [2.75, 3.05) is 111 Å². The van der Waals surface area contributed by atoms with Gasteiger partial charge >= 0.3 is 11.9 Å². The summed E-state index contributed by atoms with van der Waals surface area (Å²) in [7, 11) is -1.32. The van der Waals surface area contributed by atoms with Crippen molar-refractivity contribution in [3.8, 4) is 0 Å². The van der Waals surface area contributed by atoms with E-state index in [0.717, 1.165) is 43.7 Å². The molecule has 3 amide bonds. The minimum atomic E-state index is -4.35. The number of imidazole rings is 1. The van der Waals surface area contributed by atoms with Crippen molar-refractivity contribution in [2.45, 2.75) is 83.9 Å². The smallest absolute Gasteiger partial charge is 0.323 e. The number of anilines is 1. The maximum absolute atomic E-state index is 14.0. The zero-order valence-corrected chi connectivity index (χ0v) is 45.1. The fraction of sp³-hybridized carbons (Fsp3) is 0.549. The fourth-order valence-electron chi connectivity index (χ4n) is 9.12. The number of carboxylic acid groups (broad SMARTS) is 1. The zero-order chi connectivity index (χ0) is 54.7. The van der Waals surface area contributed by atoms with E-state index in [4.69, 9.17) is 9.47 Å². The molecule has 75 heavy (non-hydrogen) atoms. The molecule has 1 fully saturated rings. The predicted molar refractivity (Wildman–Crippen MR) is 284 cm³/mol. The highest BCUT2D eigenvalue weighted by Crippen LogP contribution is 2.22. The average molecular weight is 1070 g/mol. The molecule has 4 aromatic rings. The van der Waals surface area contributed by atoms with Crippen molar-refractivity contribution >= 4 is 56.5 Å². The number of aromatic nitrogens is 3. The summed E-state index contributed by atoms with van der Waals surface area (Å²) in [5.41, 5.74) is 2.02. The lowest BCUT2D eigenvalue weighted by atomic mass is 10.1. The second-order valence-electron chi connectivity index (χ2n) is 18.8. The minimum Gasteiger partial charge on any atom is -0.480 e.